The molecule has 130 valence electrons. The second-order valence-corrected chi connectivity index (χ2v) is 6.39. The highest BCUT2D eigenvalue weighted by Crippen LogP contribution is 2.17. The number of aliphatic hydroxyl groups is 1. The molecule has 3 atom stereocenters. The van der Waals surface area contributed by atoms with Gasteiger partial charge in [0.1, 0.15) is 18.5 Å². The maximum atomic E-state index is 10.3. The van der Waals surface area contributed by atoms with Crippen LogP contribution in [0.15, 0.2) is 42.7 Å². The van der Waals surface area contributed by atoms with Crippen LogP contribution in [-0.2, 0) is 4.74 Å². The molecule has 2 aromatic rings. The number of aliphatic hydroxyl groups excluding tert-OH is 1. The Morgan fingerprint density at radius 1 is 1.29 bits per heavy atom. The average Bonchev–Trinajstić information content (AvgIpc) is 3.07. The zero-order valence-corrected chi connectivity index (χ0v) is 14.2. The standard InChI is InChI=1S/C18H25N3O3/c1-14-10-20(11-15(2)24-14)12-17(22)13-23-18-6-3-5-16(9-18)21-8-4-7-19-21/h3-9,14-15,17,22H,10-13H2,1-2H3. The Kier molecular flexibility index (Phi) is 5.50. The van der Waals surface area contributed by atoms with Crippen LogP contribution in [0, 0.1) is 0 Å². The molecule has 1 aliphatic rings. The molecule has 1 saturated heterocycles. The molecule has 0 saturated carbocycles. The van der Waals surface area contributed by atoms with Gasteiger partial charge in [-0.15, -0.1) is 0 Å². The van der Waals surface area contributed by atoms with Gasteiger partial charge < -0.3 is 14.6 Å². The normalized spacial score (nSPS) is 23.1. The summed E-state index contributed by atoms with van der Waals surface area (Å²) in [4.78, 5) is 2.23. The SMILES string of the molecule is CC1CN(CC(O)COc2cccc(-n3cccn3)c2)CC(C)O1. The summed E-state index contributed by atoms with van der Waals surface area (Å²) in [5.74, 6) is 0.728. The Hall–Kier alpha value is -1.89. The average molecular weight is 331 g/mol. The van der Waals surface area contributed by atoms with Crippen molar-refractivity contribution in [1.29, 1.82) is 0 Å². The van der Waals surface area contributed by atoms with Crippen molar-refractivity contribution in [1.82, 2.24) is 14.7 Å². The molecule has 0 amide bonds. The second-order valence-electron chi connectivity index (χ2n) is 6.39. The van der Waals surface area contributed by atoms with E-state index in [1.807, 2.05) is 36.5 Å². The molecule has 6 heteroatoms. The van der Waals surface area contributed by atoms with Gasteiger partial charge in [-0.2, -0.15) is 5.10 Å². The van der Waals surface area contributed by atoms with Crippen molar-refractivity contribution in [2.75, 3.05) is 26.2 Å². The molecule has 0 bridgehead atoms. The van der Waals surface area contributed by atoms with Gasteiger partial charge in [0.2, 0.25) is 0 Å². The highest BCUT2D eigenvalue weighted by atomic mass is 16.5. The smallest absolute Gasteiger partial charge is 0.121 e. The van der Waals surface area contributed by atoms with Crippen LogP contribution >= 0.6 is 0 Å². The zero-order valence-electron chi connectivity index (χ0n) is 14.2. The van der Waals surface area contributed by atoms with E-state index in [1.165, 1.54) is 0 Å². The van der Waals surface area contributed by atoms with Crippen molar-refractivity contribution in [3.63, 3.8) is 0 Å². The van der Waals surface area contributed by atoms with E-state index in [-0.39, 0.29) is 18.8 Å². The van der Waals surface area contributed by atoms with Gasteiger partial charge in [-0.3, -0.25) is 4.90 Å². The molecular weight excluding hydrogens is 306 g/mol. The summed E-state index contributed by atoms with van der Waals surface area (Å²) >= 11 is 0. The molecule has 1 aromatic carbocycles. The molecular formula is C18H25N3O3. The molecule has 6 nitrogen and oxygen atoms in total. The Balaban J connectivity index is 1.51. The highest BCUT2D eigenvalue weighted by Gasteiger charge is 2.23. The molecule has 1 N–H and O–H groups in total. The molecule has 1 fully saturated rings. The van der Waals surface area contributed by atoms with E-state index in [0.29, 0.717) is 6.54 Å². The van der Waals surface area contributed by atoms with Crippen LogP contribution in [0.4, 0.5) is 0 Å². The number of ether oxygens (including phenoxy) is 2. The minimum absolute atomic E-state index is 0.202. The fraction of sp³-hybridized carbons (Fsp3) is 0.500. The number of aromatic nitrogens is 2. The number of nitrogens with zero attached hydrogens (tertiary/aromatic N) is 3. The summed E-state index contributed by atoms with van der Waals surface area (Å²) in [5.41, 5.74) is 0.933. The second kappa shape index (κ2) is 7.79. The lowest BCUT2D eigenvalue weighted by Crippen LogP contribution is -2.48. The van der Waals surface area contributed by atoms with Gasteiger partial charge in [-0.25, -0.2) is 4.68 Å². The van der Waals surface area contributed by atoms with E-state index in [2.05, 4.69) is 23.8 Å². The third-order valence-corrected chi connectivity index (χ3v) is 3.99. The van der Waals surface area contributed by atoms with E-state index in [4.69, 9.17) is 9.47 Å². The topological polar surface area (TPSA) is 59.8 Å². The van der Waals surface area contributed by atoms with Gasteiger partial charge in [0.25, 0.3) is 0 Å². The maximum Gasteiger partial charge on any atom is 0.121 e. The third-order valence-electron chi connectivity index (χ3n) is 3.99. The van der Waals surface area contributed by atoms with E-state index in [0.717, 1.165) is 24.5 Å². The van der Waals surface area contributed by atoms with Gasteiger partial charge in [-0.05, 0) is 32.0 Å². The first kappa shape index (κ1) is 17.0. The van der Waals surface area contributed by atoms with Crippen molar-refractivity contribution in [2.24, 2.45) is 0 Å². The minimum atomic E-state index is -0.532. The maximum absolute atomic E-state index is 10.3. The zero-order chi connectivity index (χ0) is 16.9. The Morgan fingerprint density at radius 3 is 2.79 bits per heavy atom. The van der Waals surface area contributed by atoms with Crippen molar-refractivity contribution >= 4 is 0 Å². The first-order valence-corrected chi connectivity index (χ1v) is 8.39. The fourth-order valence-corrected chi connectivity index (χ4v) is 3.11. The van der Waals surface area contributed by atoms with Gasteiger partial charge in [0.15, 0.2) is 0 Å². The van der Waals surface area contributed by atoms with Crippen molar-refractivity contribution < 1.29 is 14.6 Å². The minimum Gasteiger partial charge on any atom is -0.491 e. The molecule has 2 heterocycles. The summed E-state index contributed by atoms with van der Waals surface area (Å²) in [5, 5.41) is 14.5. The predicted molar refractivity (Wildman–Crippen MR) is 91.5 cm³/mol. The molecule has 3 unspecified atom stereocenters. The largest absolute Gasteiger partial charge is 0.491 e. The number of morpholine rings is 1. The predicted octanol–water partition coefficient (Wildman–Crippen LogP) is 1.72. The Labute approximate surface area is 142 Å². The molecule has 0 spiro atoms. The van der Waals surface area contributed by atoms with Crippen LogP contribution in [0.2, 0.25) is 0 Å². The van der Waals surface area contributed by atoms with Crippen LogP contribution in [0.5, 0.6) is 5.75 Å². The first-order chi connectivity index (χ1) is 11.6. The summed E-state index contributed by atoms with van der Waals surface area (Å²) in [6.45, 7) is 6.67. The lowest BCUT2D eigenvalue weighted by atomic mass is 10.2. The van der Waals surface area contributed by atoms with E-state index >= 15 is 0 Å². The third kappa shape index (κ3) is 4.56. The Morgan fingerprint density at radius 2 is 2.08 bits per heavy atom. The van der Waals surface area contributed by atoms with E-state index in [9.17, 15) is 5.11 Å². The van der Waals surface area contributed by atoms with Gasteiger partial charge in [0.05, 0.1) is 17.9 Å². The molecule has 24 heavy (non-hydrogen) atoms. The van der Waals surface area contributed by atoms with Crippen molar-refractivity contribution in [3.8, 4) is 11.4 Å². The van der Waals surface area contributed by atoms with Crippen LogP contribution in [-0.4, -0.2) is 64.3 Å². The first-order valence-electron chi connectivity index (χ1n) is 8.39. The summed E-state index contributed by atoms with van der Waals surface area (Å²) in [7, 11) is 0. The van der Waals surface area contributed by atoms with Crippen LogP contribution in [0.1, 0.15) is 13.8 Å². The number of hydrogen-bond donors (Lipinski definition) is 1. The van der Waals surface area contributed by atoms with Crippen LogP contribution in [0.25, 0.3) is 5.69 Å². The number of benzene rings is 1. The van der Waals surface area contributed by atoms with Gasteiger partial charge in [-0.1, -0.05) is 6.07 Å². The number of rotatable bonds is 6. The monoisotopic (exact) mass is 331 g/mol. The molecule has 1 aliphatic heterocycles. The van der Waals surface area contributed by atoms with Crippen LogP contribution < -0.4 is 4.74 Å². The highest BCUT2D eigenvalue weighted by molar-refractivity contribution is 5.38. The summed E-state index contributed by atoms with van der Waals surface area (Å²) in [6.07, 6.45) is 3.49. The van der Waals surface area contributed by atoms with Gasteiger partial charge in [0, 0.05) is 38.1 Å². The van der Waals surface area contributed by atoms with Crippen molar-refractivity contribution in [3.05, 3.63) is 42.7 Å². The molecule has 0 aliphatic carbocycles. The van der Waals surface area contributed by atoms with E-state index < -0.39 is 6.10 Å². The summed E-state index contributed by atoms with van der Waals surface area (Å²) < 4.78 is 13.2. The van der Waals surface area contributed by atoms with Gasteiger partial charge >= 0.3 is 0 Å². The quantitative estimate of drug-likeness (QED) is 0.873. The fourth-order valence-electron chi connectivity index (χ4n) is 3.11. The van der Waals surface area contributed by atoms with E-state index in [1.54, 1.807) is 10.9 Å². The molecule has 3 rings (SSSR count). The number of β-amino-alcohol motifs (C(OH)–C–C–N with tert-alkyl or cyclic N) is 1. The lowest BCUT2D eigenvalue weighted by Gasteiger charge is -2.36. The lowest BCUT2D eigenvalue weighted by molar-refractivity contribution is -0.0786. The summed E-state index contributed by atoms with van der Waals surface area (Å²) in [6, 6.07) is 9.57. The number of hydrogen-bond acceptors (Lipinski definition) is 5. The van der Waals surface area contributed by atoms with Crippen molar-refractivity contribution in [2.45, 2.75) is 32.2 Å². The molecule has 0 radical (unpaired) electrons. The molecule has 1 aromatic heterocycles. The van der Waals surface area contributed by atoms with Crippen LogP contribution in [0.3, 0.4) is 0 Å². The Bertz CT molecular complexity index is 622.